The van der Waals surface area contributed by atoms with Gasteiger partial charge in [-0.3, -0.25) is 14.4 Å². The van der Waals surface area contributed by atoms with Gasteiger partial charge in [-0.1, -0.05) is 20.8 Å². The van der Waals surface area contributed by atoms with Crippen molar-refractivity contribution in [2.24, 2.45) is 52.1 Å². The maximum atomic E-state index is 12.4. The summed E-state index contributed by atoms with van der Waals surface area (Å²) in [6, 6.07) is -0.870. The predicted molar refractivity (Wildman–Crippen MR) is 131 cm³/mol. The van der Waals surface area contributed by atoms with Gasteiger partial charge in [0.05, 0.1) is 0 Å². The first kappa shape index (κ1) is 26.4. The van der Waals surface area contributed by atoms with Crippen molar-refractivity contribution in [1.29, 1.82) is 0 Å². The molecular formula is C28H45NO6. The first-order chi connectivity index (χ1) is 16.5. The number of hydrogen-bond donors (Lipinski definition) is 3. The van der Waals surface area contributed by atoms with Gasteiger partial charge >= 0.3 is 17.9 Å². The van der Waals surface area contributed by atoms with E-state index in [1.165, 1.54) is 38.5 Å². The van der Waals surface area contributed by atoms with Crippen molar-refractivity contribution in [2.75, 3.05) is 0 Å². The summed E-state index contributed by atoms with van der Waals surface area (Å²) in [7, 11) is 0. The minimum Gasteiger partial charge on any atom is -0.481 e. The van der Waals surface area contributed by atoms with E-state index in [0.717, 1.165) is 25.2 Å². The summed E-state index contributed by atoms with van der Waals surface area (Å²) in [5.74, 6) is 1.31. The van der Waals surface area contributed by atoms with E-state index in [9.17, 15) is 19.5 Å². The number of carboxylic acids is 2. The van der Waals surface area contributed by atoms with E-state index in [-0.39, 0.29) is 42.1 Å². The fourth-order valence-corrected chi connectivity index (χ4v) is 9.37. The van der Waals surface area contributed by atoms with Gasteiger partial charge in [-0.15, -0.1) is 0 Å². The summed E-state index contributed by atoms with van der Waals surface area (Å²) in [4.78, 5) is 34.6. The number of ether oxygens (including phenoxy) is 1. The maximum Gasteiger partial charge on any atom is 0.323 e. The highest BCUT2D eigenvalue weighted by Gasteiger charge is 2.60. The lowest BCUT2D eigenvalue weighted by molar-refractivity contribution is -0.164. The highest BCUT2D eigenvalue weighted by molar-refractivity contribution is 5.76. The van der Waals surface area contributed by atoms with Gasteiger partial charge in [0.15, 0.2) is 0 Å². The van der Waals surface area contributed by atoms with Crippen LogP contribution in [0.4, 0.5) is 0 Å². The van der Waals surface area contributed by atoms with Crippen LogP contribution in [0.25, 0.3) is 0 Å². The molecule has 0 aromatic rings. The number of carbonyl (C=O) groups is 3. The van der Waals surface area contributed by atoms with Crippen molar-refractivity contribution in [3.05, 3.63) is 0 Å². The zero-order valence-electron chi connectivity index (χ0n) is 21.7. The third kappa shape index (κ3) is 4.99. The Bertz CT molecular complexity index is 830. The molecule has 4 rings (SSSR count). The standard InChI is InChI=1S/C28H45NO6/c1-16(14-25(32)33)20-6-7-21-19-5-4-17-15-18(35-26(34)23(29)8-9-24(30)31)10-12-27(17,2)22(19)11-13-28(20,21)3/h16-23H,4-15,29H2,1-3H3,(H,30,31)(H,32,33)/t16-,17-,18-,19+,20?,21+,22+,23+,27+,28-/m1/s1. The van der Waals surface area contributed by atoms with Gasteiger partial charge in [-0.2, -0.15) is 0 Å². The van der Waals surface area contributed by atoms with Crippen molar-refractivity contribution in [3.8, 4) is 0 Å². The summed E-state index contributed by atoms with van der Waals surface area (Å²) < 4.78 is 5.77. The predicted octanol–water partition coefficient (Wildman–Crippen LogP) is 4.86. The number of esters is 1. The van der Waals surface area contributed by atoms with Crippen LogP contribution in [0.15, 0.2) is 0 Å². The monoisotopic (exact) mass is 491 g/mol. The van der Waals surface area contributed by atoms with E-state index in [0.29, 0.717) is 23.7 Å². The number of carboxylic acid groups (broad SMARTS) is 2. The molecule has 4 fully saturated rings. The van der Waals surface area contributed by atoms with Crippen LogP contribution in [-0.4, -0.2) is 40.3 Å². The van der Waals surface area contributed by atoms with E-state index in [2.05, 4.69) is 20.8 Å². The summed E-state index contributed by atoms with van der Waals surface area (Å²) in [5.41, 5.74) is 6.41. The Hall–Kier alpha value is -1.63. The van der Waals surface area contributed by atoms with Crippen LogP contribution in [0, 0.1) is 46.3 Å². The highest BCUT2D eigenvalue weighted by Crippen LogP contribution is 2.68. The lowest BCUT2D eigenvalue weighted by Crippen LogP contribution is -2.54. The van der Waals surface area contributed by atoms with E-state index in [1.807, 2.05) is 0 Å². The molecule has 0 radical (unpaired) electrons. The molecule has 7 heteroatoms. The number of aliphatic carboxylic acids is 2. The molecule has 0 aromatic carbocycles. The largest absolute Gasteiger partial charge is 0.481 e. The molecule has 0 bridgehead atoms. The van der Waals surface area contributed by atoms with Gasteiger partial charge in [-0.05, 0) is 111 Å². The van der Waals surface area contributed by atoms with Crippen LogP contribution < -0.4 is 5.73 Å². The molecule has 0 heterocycles. The van der Waals surface area contributed by atoms with Crippen LogP contribution >= 0.6 is 0 Å². The summed E-state index contributed by atoms with van der Waals surface area (Å²) in [5, 5.41) is 18.2. The minimum atomic E-state index is -0.952. The molecule has 4 saturated carbocycles. The summed E-state index contributed by atoms with van der Waals surface area (Å²) in [6.45, 7) is 7.09. The Morgan fingerprint density at radius 2 is 1.63 bits per heavy atom. The highest BCUT2D eigenvalue weighted by atomic mass is 16.5. The second-order valence-electron chi connectivity index (χ2n) is 12.8. The van der Waals surface area contributed by atoms with Crippen molar-refractivity contribution >= 4 is 17.9 Å². The number of hydrogen-bond acceptors (Lipinski definition) is 5. The smallest absolute Gasteiger partial charge is 0.323 e. The molecule has 0 amide bonds. The van der Waals surface area contributed by atoms with Crippen molar-refractivity contribution in [1.82, 2.24) is 0 Å². The van der Waals surface area contributed by atoms with Crippen molar-refractivity contribution in [3.63, 3.8) is 0 Å². The Kier molecular flexibility index (Phi) is 7.57. The summed E-state index contributed by atoms with van der Waals surface area (Å²) in [6.07, 6.45) is 10.2. The van der Waals surface area contributed by atoms with Crippen LogP contribution in [0.3, 0.4) is 0 Å². The summed E-state index contributed by atoms with van der Waals surface area (Å²) >= 11 is 0. The van der Waals surface area contributed by atoms with Crippen LogP contribution in [0.5, 0.6) is 0 Å². The number of carbonyl (C=O) groups excluding carboxylic acids is 1. The van der Waals surface area contributed by atoms with Gasteiger partial charge in [0.25, 0.3) is 0 Å². The average molecular weight is 492 g/mol. The lowest BCUT2D eigenvalue weighted by Gasteiger charge is -2.61. The van der Waals surface area contributed by atoms with Crippen LogP contribution in [-0.2, 0) is 19.1 Å². The molecule has 10 atom stereocenters. The van der Waals surface area contributed by atoms with E-state index >= 15 is 0 Å². The Balaban J connectivity index is 1.39. The Morgan fingerprint density at radius 3 is 2.31 bits per heavy atom. The lowest BCUT2D eigenvalue weighted by atomic mass is 9.44. The molecule has 1 unspecified atom stereocenters. The zero-order valence-corrected chi connectivity index (χ0v) is 21.7. The molecule has 198 valence electrons. The number of nitrogens with two attached hydrogens (primary N) is 1. The van der Waals surface area contributed by atoms with Crippen molar-refractivity contribution < 1.29 is 29.3 Å². The molecule has 4 aliphatic carbocycles. The van der Waals surface area contributed by atoms with Gasteiger partial charge in [0.2, 0.25) is 0 Å². The van der Waals surface area contributed by atoms with Crippen molar-refractivity contribution in [2.45, 2.75) is 110 Å². The topological polar surface area (TPSA) is 127 Å². The van der Waals surface area contributed by atoms with Gasteiger partial charge in [0.1, 0.15) is 12.1 Å². The maximum absolute atomic E-state index is 12.4. The SMILES string of the molecule is C[C@H](CC(=O)O)C1CC[C@H]2[C@@H]3CC[C@@H]4C[C@H](OC(=O)[C@@H](N)CCC(=O)O)CC[C@]4(C)[C@H]3CC[C@]12C. The molecule has 0 saturated heterocycles. The van der Waals surface area contributed by atoms with Gasteiger partial charge in [-0.25, -0.2) is 0 Å². The molecule has 0 aromatic heterocycles. The minimum absolute atomic E-state index is 0.109. The quantitative estimate of drug-likeness (QED) is 0.414. The molecule has 4 aliphatic rings. The van der Waals surface area contributed by atoms with Gasteiger partial charge in [0, 0.05) is 12.8 Å². The molecule has 0 spiro atoms. The fraction of sp³-hybridized carbons (Fsp3) is 0.893. The second-order valence-corrected chi connectivity index (χ2v) is 12.8. The Morgan fingerprint density at radius 1 is 0.943 bits per heavy atom. The first-order valence-corrected chi connectivity index (χ1v) is 13.9. The van der Waals surface area contributed by atoms with E-state index in [4.69, 9.17) is 15.6 Å². The number of rotatable bonds is 8. The third-order valence-corrected chi connectivity index (χ3v) is 11.1. The molecule has 7 nitrogen and oxygen atoms in total. The normalized spacial score (nSPS) is 42.2. The van der Waals surface area contributed by atoms with E-state index < -0.39 is 23.9 Å². The first-order valence-electron chi connectivity index (χ1n) is 13.9. The fourth-order valence-electron chi connectivity index (χ4n) is 9.37. The zero-order chi connectivity index (χ0) is 25.5. The van der Waals surface area contributed by atoms with Crippen LogP contribution in [0.1, 0.15) is 97.8 Å². The number of fused-ring (bicyclic) bond motifs is 5. The molecule has 4 N–H and O–H groups in total. The average Bonchev–Trinajstić information content (AvgIpc) is 3.14. The molecule has 0 aliphatic heterocycles. The molecular weight excluding hydrogens is 446 g/mol. The third-order valence-electron chi connectivity index (χ3n) is 11.1. The van der Waals surface area contributed by atoms with Crippen LogP contribution in [0.2, 0.25) is 0 Å². The second kappa shape index (κ2) is 10.0. The van der Waals surface area contributed by atoms with Gasteiger partial charge < -0.3 is 20.7 Å². The Labute approximate surface area is 209 Å². The molecule has 35 heavy (non-hydrogen) atoms. The van der Waals surface area contributed by atoms with E-state index in [1.54, 1.807) is 0 Å².